The van der Waals surface area contributed by atoms with Crippen LogP contribution in [0.5, 0.6) is 5.75 Å². The molecule has 3 rings (SSSR count). The lowest BCUT2D eigenvalue weighted by molar-refractivity contribution is -0.123. The average molecular weight is 401 g/mol. The first-order chi connectivity index (χ1) is 13.5. The van der Waals surface area contributed by atoms with E-state index in [1.165, 1.54) is 4.90 Å². The van der Waals surface area contributed by atoms with Crippen LogP contribution in [0.2, 0.25) is 0 Å². The summed E-state index contributed by atoms with van der Waals surface area (Å²) >= 11 is 0.924. The Labute approximate surface area is 169 Å². The van der Waals surface area contributed by atoms with Gasteiger partial charge in [-0.25, -0.2) is 0 Å². The van der Waals surface area contributed by atoms with Gasteiger partial charge < -0.3 is 14.1 Å². The first-order valence-electron chi connectivity index (χ1n) is 9.31. The number of rotatable bonds is 8. The number of thioether (sulfide) groups is 1. The molecular weight excluding hydrogens is 376 g/mol. The zero-order chi connectivity index (χ0) is 20.1. The molecule has 28 heavy (non-hydrogen) atoms. The van der Waals surface area contributed by atoms with Crippen molar-refractivity contribution in [3.8, 4) is 5.75 Å². The van der Waals surface area contributed by atoms with Crippen LogP contribution >= 0.6 is 11.8 Å². The van der Waals surface area contributed by atoms with Gasteiger partial charge in [0.2, 0.25) is 0 Å². The summed E-state index contributed by atoms with van der Waals surface area (Å²) in [6, 6.07) is 11.3. The number of ether oxygens (including phenoxy) is 1. The van der Waals surface area contributed by atoms with E-state index in [-0.39, 0.29) is 24.3 Å². The van der Waals surface area contributed by atoms with Gasteiger partial charge in [-0.2, -0.15) is 0 Å². The summed E-state index contributed by atoms with van der Waals surface area (Å²) in [7, 11) is 0. The number of carbonyl (C=O) groups is 2. The quantitative estimate of drug-likeness (QED) is 0.606. The smallest absolute Gasteiger partial charge is 0.293 e. The molecular formula is C21H24N2O4S. The number of furan rings is 1. The van der Waals surface area contributed by atoms with Crippen molar-refractivity contribution in [2.24, 2.45) is 0 Å². The lowest BCUT2D eigenvalue weighted by atomic mass is 10.2. The van der Waals surface area contributed by atoms with E-state index in [2.05, 4.69) is 18.7 Å². The van der Waals surface area contributed by atoms with Crippen molar-refractivity contribution < 1.29 is 18.7 Å². The number of imide groups is 1. The van der Waals surface area contributed by atoms with Crippen LogP contribution in [0.15, 0.2) is 45.7 Å². The Morgan fingerprint density at radius 2 is 1.96 bits per heavy atom. The molecule has 0 saturated carbocycles. The Kier molecular flexibility index (Phi) is 6.46. The maximum atomic E-state index is 12.6. The molecule has 7 heteroatoms. The largest absolute Gasteiger partial charge is 0.492 e. The van der Waals surface area contributed by atoms with Crippen LogP contribution in [0.25, 0.3) is 6.08 Å². The molecule has 0 atom stereocenters. The van der Waals surface area contributed by atoms with Crippen molar-refractivity contribution in [2.75, 3.05) is 31.1 Å². The van der Waals surface area contributed by atoms with Gasteiger partial charge in [0.15, 0.2) is 5.88 Å². The number of nitrogens with zero attached hydrogens (tertiary/aromatic N) is 2. The third kappa shape index (κ3) is 4.59. The standard InChI is InChI=1S/C21H24N2O4S/c1-4-22(5-2)19-10-9-17(27-19)14-18-20(24)23(21(25)28-18)11-12-26-16-8-6-7-15(3)13-16/h6-10,13-14H,4-5,11-12H2,1-3H3/b18-14-. The Balaban J connectivity index is 1.62. The zero-order valence-electron chi connectivity index (χ0n) is 16.3. The number of anilines is 1. The van der Waals surface area contributed by atoms with Gasteiger partial charge in [0.25, 0.3) is 11.1 Å². The van der Waals surface area contributed by atoms with Gasteiger partial charge in [-0.1, -0.05) is 12.1 Å². The maximum Gasteiger partial charge on any atom is 0.293 e. The fourth-order valence-electron chi connectivity index (χ4n) is 2.91. The number of carbonyl (C=O) groups excluding carboxylic acids is 2. The minimum Gasteiger partial charge on any atom is -0.492 e. The highest BCUT2D eigenvalue weighted by Gasteiger charge is 2.35. The molecule has 0 spiro atoms. The predicted octanol–water partition coefficient (Wildman–Crippen LogP) is 4.55. The van der Waals surface area contributed by atoms with E-state index in [9.17, 15) is 9.59 Å². The molecule has 1 fully saturated rings. The van der Waals surface area contributed by atoms with Crippen molar-refractivity contribution in [1.29, 1.82) is 0 Å². The molecule has 0 radical (unpaired) electrons. The van der Waals surface area contributed by atoms with Gasteiger partial charge in [-0.3, -0.25) is 14.5 Å². The monoisotopic (exact) mass is 400 g/mol. The highest BCUT2D eigenvalue weighted by atomic mass is 32.2. The van der Waals surface area contributed by atoms with Crippen LogP contribution in [0.1, 0.15) is 25.2 Å². The fraction of sp³-hybridized carbons (Fsp3) is 0.333. The number of hydrogen-bond acceptors (Lipinski definition) is 6. The summed E-state index contributed by atoms with van der Waals surface area (Å²) < 4.78 is 11.4. The van der Waals surface area contributed by atoms with Crippen LogP contribution in [0.4, 0.5) is 10.7 Å². The van der Waals surface area contributed by atoms with Crippen LogP contribution in [-0.2, 0) is 4.79 Å². The molecule has 148 valence electrons. The molecule has 1 saturated heterocycles. The lowest BCUT2D eigenvalue weighted by Crippen LogP contribution is -2.32. The van der Waals surface area contributed by atoms with E-state index in [1.807, 2.05) is 43.3 Å². The van der Waals surface area contributed by atoms with Crippen LogP contribution in [-0.4, -0.2) is 42.3 Å². The molecule has 2 amide bonds. The van der Waals surface area contributed by atoms with Crippen molar-refractivity contribution in [2.45, 2.75) is 20.8 Å². The second kappa shape index (κ2) is 9.01. The molecule has 2 aromatic rings. The molecule has 1 aromatic heterocycles. The third-order valence-corrected chi connectivity index (χ3v) is 5.32. The topological polar surface area (TPSA) is 63.0 Å². The van der Waals surface area contributed by atoms with Gasteiger partial charge in [0.1, 0.15) is 18.1 Å². The molecule has 1 aliphatic rings. The molecule has 0 bridgehead atoms. The first-order valence-corrected chi connectivity index (χ1v) is 10.1. The van der Waals surface area contributed by atoms with Gasteiger partial charge in [-0.15, -0.1) is 0 Å². The Morgan fingerprint density at radius 1 is 1.18 bits per heavy atom. The summed E-state index contributed by atoms with van der Waals surface area (Å²) in [5.74, 6) is 1.72. The fourth-order valence-corrected chi connectivity index (χ4v) is 3.75. The molecule has 2 heterocycles. The minimum absolute atomic E-state index is 0.207. The molecule has 0 unspecified atom stereocenters. The highest BCUT2D eigenvalue weighted by Crippen LogP contribution is 2.33. The normalized spacial score (nSPS) is 15.5. The lowest BCUT2D eigenvalue weighted by Gasteiger charge is -2.16. The van der Waals surface area contributed by atoms with Gasteiger partial charge >= 0.3 is 0 Å². The molecule has 0 aliphatic carbocycles. The van der Waals surface area contributed by atoms with E-state index < -0.39 is 0 Å². The van der Waals surface area contributed by atoms with Crippen molar-refractivity contribution in [1.82, 2.24) is 4.90 Å². The number of hydrogen-bond donors (Lipinski definition) is 0. The summed E-state index contributed by atoms with van der Waals surface area (Å²) in [4.78, 5) is 28.4. The van der Waals surface area contributed by atoms with Crippen LogP contribution in [0, 0.1) is 6.92 Å². The van der Waals surface area contributed by atoms with Crippen LogP contribution in [0.3, 0.4) is 0 Å². The average Bonchev–Trinajstić information content (AvgIpc) is 3.23. The van der Waals surface area contributed by atoms with E-state index in [0.29, 0.717) is 10.7 Å². The Hall–Kier alpha value is -2.67. The van der Waals surface area contributed by atoms with Gasteiger partial charge in [-0.05, 0) is 56.3 Å². The van der Waals surface area contributed by atoms with Gasteiger partial charge in [0, 0.05) is 25.2 Å². The third-order valence-electron chi connectivity index (χ3n) is 4.41. The van der Waals surface area contributed by atoms with E-state index >= 15 is 0 Å². The number of benzene rings is 1. The molecule has 1 aliphatic heterocycles. The molecule has 0 N–H and O–H groups in total. The minimum atomic E-state index is -0.316. The number of aryl methyl sites for hydroxylation is 1. The van der Waals surface area contributed by atoms with Gasteiger partial charge in [0.05, 0.1) is 11.4 Å². The SMILES string of the molecule is CCN(CC)c1ccc(/C=C2\SC(=O)N(CCOc3cccc(C)c3)C2=O)o1. The van der Waals surface area contributed by atoms with Crippen molar-refractivity contribution in [3.05, 3.63) is 52.6 Å². The predicted molar refractivity (Wildman–Crippen MR) is 112 cm³/mol. The number of amides is 2. The first kappa shape index (κ1) is 20.1. The second-order valence-corrected chi connectivity index (χ2v) is 7.34. The molecule has 1 aromatic carbocycles. The van der Waals surface area contributed by atoms with Crippen LogP contribution < -0.4 is 9.64 Å². The van der Waals surface area contributed by atoms with E-state index in [0.717, 1.165) is 42.0 Å². The summed E-state index contributed by atoms with van der Waals surface area (Å²) in [6.45, 7) is 8.21. The molecule has 6 nitrogen and oxygen atoms in total. The Morgan fingerprint density at radius 3 is 2.68 bits per heavy atom. The second-order valence-electron chi connectivity index (χ2n) is 6.35. The van der Waals surface area contributed by atoms with Crippen molar-refractivity contribution >= 4 is 34.9 Å². The zero-order valence-corrected chi connectivity index (χ0v) is 17.1. The van der Waals surface area contributed by atoms with Crippen molar-refractivity contribution in [3.63, 3.8) is 0 Å². The highest BCUT2D eigenvalue weighted by molar-refractivity contribution is 8.18. The maximum absolute atomic E-state index is 12.6. The Bertz CT molecular complexity index is 886. The summed E-state index contributed by atoms with van der Waals surface area (Å²) in [6.07, 6.45) is 1.62. The van der Waals surface area contributed by atoms with E-state index in [1.54, 1.807) is 6.08 Å². The summed E-state index contributed by atoms with van der Waals surface area (Å²) in [5, 5.41) is -0.292. The van der Waals surface area contributed by atoms with E-state index in [4.69, 9.17) is 9.15 Å². The summed E-state index contributed by atoms with van der Waals surface area (Å²) in [5.41, 5.74) is 1.09.